The summed E-state index contributed by atoms with van der Waals surface area (Å²) in [5.74, 6) is -1.28. The second-order valence-corrected chi connectivity index (χ2v) is 7.07. The summed E-state index contributed by atoms with van der Waals surface area (Å²) in [4.78, 5) is 32.2. The monoisotopic (exact) mass is 405 g/mol. The summed E-state index contributed by atoms with van der Waals surface area (Å²) in [7, 11) is 0. The number of nitrogens with zero attached hydrogens (tertiary/aromatic N) is 2. The zero-order valence-corrected chi connectivity index (χ0v) is 15.6. The third-order valence-corrected chi connectivity index (χ3v) is 5.13. The van der Waals surface area contributed by atoms with E-state index in [2.05, 4.69) is 4.98 Å². The second kappa shape index (κ2) is 7.14. The van der Waals surface area contributed by atoms with E-state index < -0.39 is 17.6 Å². The maximum atomic E-state index is 12.8. The van der Waals surface area contributed by atoms with Gasteiger partial charge in [-0.3, -0.25) is 14.5 Å². The van der Waals surface area contributed by atoms with Crippen molar-refractivity contribution in [2.45, 2.75) is 39.0 Å². The predicted molar refractivity (Wildman–Crippen MR) is 99.5 cm³/mol. The highest BCUT2D eigenvalue weighted by Crippen LogP contribution is 2.26. The zero-order valence-electron chi connectivity index (χ0n) is 15.6. The van der Waals surface area contributed by atoms with Crippen molar-refractivity contribution < 1.29 is 17.6 Å². The molecule has 3 heterocycles. The van der Waals surface area contributed by atoms with Gasteiger partial charge in [0.15, 0.2) is 5.43 Å². The Morgan fingerprint density at radius 1 is 1.28 bits per heavy atom. The fourth-order valence-electron chi connectivity index (χ4n) is 3.54. The lowest BCUT2D eigenvalue weighted by Gasteiger charge is -2.27. The largest absolute Gasteiger partial charge is 0.464 e. The third-order valence-electron chi connectivity index (χ3n) is 5.13. The molecule has 0 unspecified atom stereocenters. The lowest BCUT2D eigenvalue weighted by atomic mass is 10.0. The second-order valence-electron chi connectivity index (χ2n) is 7.07. The average molecular weight is 405 g/mol. The summed E-state index contributed by atoms with van der Waals surface area (Å²) in [5, 5.41) is 0.494. The van der Waals surface area contributed by atoms with E-state index in [-0.39, 0.29) is 36.2 Å². The molecule has 0 radical (unpaired) electrons. The highest BCUT2D eigenvalue weighted by atomic mass is 19.4. The molecule has 1 N–H and O–H groups in total. The Morgan fingerprint density at radius 3 is 2.79 bits per heavy atom. The minimum atomic E-state index is -4.70. The van der Waals surface area contributed by atoms with Crippen molar-refractivity contribution in [1.29, 1.82) is 0 Å². The van der Waals surface area contributed by atoms with Crippen LogP contribution >= 0.6 is 0 Å². The highest BCUT2D eigenvalue weighted by molar-refractivity contribution is 5.77. The van der Waals surface area contributed by atoms with Gasteiger partial charge in [-0.1, -0.05) is 13.0 Å². The van der Waals surface area contributed by atoms with Crippen LogP contribution in [0.3, 0.4) is 0 Å². The first kappa shape index (κ1) is 19.4. The van der Waals surface area contributed by atoms with Crippen LogP contribution in [0.5, 0.6) is 0 Å². The highest BCUT2D eigenvalue weighted by Gasteiger charge is 2.36. The smallest absolute Gasteiger partial charge is 0.449 e. The van der Waals surface area contributed by atoms with E-state index in [1.165, 1.54) is 6.26 Å². The number of aryl methyl sites for hydroxylation is 1. The Hall–Kier alpha value is -2.94. The summed E-state index contributed by atoms with van der Waals surface area (Å²) in [6, 6.07) is 5.48. The van der Waals surface area contributed by atoms with E-state index in [1.807, 2.05) is 28.9 Å². The normalized spacial score (nSPS) is 14.9. The van der Waals surface area contributed by atoms with Gasteiger partial charge in [-0.05, 0) is 24.1 Å². The fraction of sp³-hybridized carbons (Fsp3) is 0.350. The first-order valence-corrected chi connectivity index (χ1v) is 9.21. The number of rotatable bonds is 3. The Bertz CT molecular complexity index is 1200. The van der Waals surface area contributed by atoms with Crippen LogP contribution in [0.1, 0.15) is 35.1 Å². The molecule has 29 heavy (non-hydrogen) atoms. The molecule has 4 rings (SSSR count). The van der Waals surface area contributed by atoms with E-state index >= 15 is 0 Å². The molecule has 0 spiro atoms. The van der Waals surface area contributed by atoms with Gasteiger partial charge >= 0.3 is 6.18 Å². The van der Waals surface area contributed by atoms with E-state index in [0.29, 0.717) is 23.1 Å². The number of hydrogen-bond acceptors (Lipinski definition) is 5. The molecule has 1 aromatic carbocycles. The molecule has 1 aliphatic heterocycles. The number of fused-ring (bicyclic) bond motifs is 2. The van der Waals surface area contributed by atoms with Crippen molar-refractivity contribution in [1.82, 2.24) is 14.9 Å². The van der Waals surface area contributed by atoms with Crippen molar-refractivity contribution in [3.8, 4) is 0 Å². The maximum absolute atomic E-state index is 12.8. The van der Waals surface area contributed by atoms with Crippen molar-refractivity contribution in [2.24, 2.45) is 0 Å². The van der Waals surface area contributed by atoms with Crippen LogP contribution < -0.4 is 11.0 Å². The number of benzene rings is 1. The van der Waals surface area contributed by atoms with Crippen molar-refractivity contribution in [3.05, 3.63) is 73.2 Å². The Morgan fingerprint density at radius 2 is 2.07 bits per heavy atom. The Kier molecular flexibility index (Phi) is 4.77. The average Bonchev–Trinajstić information content (AvgIpc) is 2.69. The van der Waals surface area contributed by atoms with Gasteiger partial charge in [-0.15, -0.1) is 0 Å². The number of aromatic amines is 1. The molecule has 0 fully saturated rings. The molecular formula is C20H18F3N3O3. The van der Waals surface area contributed by atoms with E-state index in [4.69, 9.17) is 4.42 Å². The molecule has 9 heteroatoms. The summed E-state index contributed by atoms with van der Waals surface area (Å²) < 4.78 is 44.1. The van der Waals surface area contributed by atoms with Gasteiger partial charge < -0.3 is 9.40 Å². The molecule has 3 aromatic rings. The third kappa shape index (κ3) is 3.69. The van der Waals surface area contributed by atoms with E-state index in [1.54, 1.807) is 6.07 Å². The first-order chi connectivity index (χ1) is 13.8. The Labute approximate surface area is 163 Å². The molecular weight excluding hydrogens is 387 g/mol. The summed E-state index contributed by atoms with van der Waals surface area (Å²) in [5.41, 5.74) is 1.35. The minimum absolute atomic E-state index is 0.113. The van der Waals surface area contributed by atoms with Crippen molar-refractivity contribution in [2.75, 3.05) is 6.54 Å². The number of hydrogen-bond donors (Lipinski definition) is 1. The lowest BCUT2D eigenvalue weighted by Crippen LogP contribution is -2.37. The van der Waals surface area contributed by atoms with Crippen LogP contribution in [-0.2, 0) is 32.1 Å². The van der Waals surface area contributed by atoms with E-state index in [9.17, 15) is 22.8 Å². The Balaban J connectivity index is 1.62. The van der Waals surface area contributed by atoms with Gasteiger partial charge in [0.25, 0.3) is 5.56 Å². The standard InChI is InChI=1S/C20H18F3N3O3/c1-2-11-3-4-16-13(7-11)17(27)12(10-29-16)8-26-6-5-15-14(9-26)18(28)25-19(24-15)20(21,22)23/h3-4,7,10H,2,5-6,8-9H2,1H3,(H,24,25,28). The molecule has 0 aliphatic carbocycles. The fourth-order valence-corrected chi connectivity index (χ4v) is 3.54. The van der Waals surface area contributed by atoms with Gasteiger partial charge in [-0.25, -0.2) is 4.98 Å². The SMILES string of the molecule is CCc1ccc2occ(CN3CCc4nc(C(F)(F)F)[nH]c(=O)c4C3)c(=O)c2c1. The summed E-state index contributed by atoms with van der Waals surface area (Å²) >= 11 is 0. The molecule has 6 nitrogen and oxygen atoms in total. The number of H-pyrrole nitrogens is 1. The van der Waals surface area contributed by atoms with Gasteiger partial charge in [0.2, 0.25) is 5.82 Å². The predicted octanol–water partition coefficient (Wildman–Crippen LogP) is 3.02. The molecule has 1 aliphatic rings. The van der Waals surface area contributed by atoms with E-state index in [0.717, 1.165) is 12.0 Å². The molecule has 0 amide bonds. The van der Waals surface area contributed by atoms with Crippen LogP contribution in [0, 0.1) is 0 Å². The number of aromatic nitrogens is 2. The van der Waals surface area contributed by atoms with Gasteiger partial charge in [-0.2, -0.15) is 13.2 Å². The quantitative estimate of drug-likeness (QED) is 0.725. The van der Waals surface area contributed by atoms with Gasteiger partial charge in [0.05, 0.1) is 22.9 Å². The first-order valence-electron chi connectivity index (χ1n) is 9.21. The molecule has 0 bridgehead atoms. The zero-order chi connectivity index (χ0) is 20.8. The summed E-state index contributed by atoms with van der Waals surface area (Å²) in [6.07, 6.45) is -2.31. The van der Waals surface area contributed by atoms with Crippen LogP contribution in [0.4, 0.5) is 13.2 Å². The van der Waals surface area contributed by atoms with Crippen molar-refractivity contribution >= 4 is 11.0 Å². The van der Waals surface area contributed by atoms with Gasteiger partial charge in [0, 0.05) is 31.6 Å². The van der Waals surface area contributed by atoms with Crippen LogP contribution in [0.2, 0.25) is 0 Å². The van der Waals surface area contributed by atoms with Crippen molar-refractivity contribution in [3.63, 3.8) is 0 Å². The number of halogens is 3. The topological polar surface area (TPSA) is 79.2 Å². The molecule has 0 saturated carbocycles. The summed E-state index contributed by atoms with van der Waals surface area (Å²) in [6.45, 7) is 2.72. The van der Waals surface area contributed by atoms with Crippen LogP contribution in [0.25, 0.3) is 11.0 Å². The molecule has 0 atom stereocenters. The number of nitrogens with one attached hydrogen (secondary N) is 1. The minimum Gasteiger partial charge on any atom is -0.464 e. The molecule has 2 aromatic heterocycles. The maximum Gasteiger partial charge on any atom is 0.449 e. The van der Waals surface area contributed by atoms with Crippen LogP contribution in [-0.4, -0.2) is 21.4 Å². The molecule has 152 valence electrons. The lowest BCUT2D eigenvalue weighted by molar-refractivity contribution is -0.145. The molecule has 0 saturated heterocycles. The van der Waals surface area contributed by atoms with Crippen LogP contribution in [0.15, 0.2) is 38.5 Å². The van der Waals surface area contributed by atoms with Gasteiger partial charge in [0.1, 0.15) is 5.58 Å². The number of alkyl halides is 3.